The highest BCUT2D eigenvalue weighted by molar-refractivity contribution is 6.33. The van der Waals surface area contributed by atoms with E-state index in [9.17, 15) is 0 Å². The summed E-state index contributed by atoms with van der Waals surface area (Å²) in [6.07, 6.45) is 8.09. The van der Waals surface area contributed by atoms with Crippen molar-refractivity contribution in [2.75, 3.05) is 19.6 Å². The molecule has 1 aromatic rings. The fourth-order valence-electron chi connectivity index (χ4n) is 2.28. The van der Waals surface area contributed by atoms with Crippen LogP contribution in [0.25, 0.3) is 0 Å². The molecule has 1 rings (SSSR count). The smallest absolute Gasteiger partial charge is 0.512 e. The summed E-state index contributed by atoms with van der Waals surface area (Å²) in [4.78, 5) is 2.64. The van der Waals surface area contributed by atoms with Gasteiger partial charge in [-0.3, -0.25) is 0 Å². The van der Waals surface area contributed by atoms with Crippen molar-refractivity contribution in [2.24, 2.45) is 0 Å². The van der Waals surface area contributed by atoms with Crippen molar-refractivity contribution in [2.45, 2.75) is 66.2 Å². The molecule has 0 radical (unpaired) electrons. The van der Waals surface area contributed by atoms with Crippen molar-refractivity contribution in [1.82, 2.24) is 4.90 Å². The lowest BCUT2D eigenvalue weighted by Crippen LogP contribution is -2.27. The van der Waals surface area contributed by atoms with E-state index < -0.39 is 7.32 Å². The number of hydrogen-bond acceptors (Lipinski definition) is 4. The van der Waals surface area contributed by atoms with Gasteiger partial charge in [0, 0.05) is 0 Å². The molecule has 0 atom stereocenters. The Hall–Kier alpha value is -1.04. The van der Waals surface area contributed by atoms with E-state index in [4.69, 9.17) is 10.0 Å². The van der Waals surface area contributed by atoms with E-state index in [-0.39, 0.29) is 0 Å². The van der Waals surface area contributed by atoms with Crippen LogP contribution in [0.15, 0.2) is 24.3 Å². The second-order valence-corrected chi connectivity index (χ2v) is 6.11. The SMILES string of the molecule is CCCCN(CCCC)CCCC.Cc1ccccc1OB(O)O. The van der Waals surface area contributed by atoms with Gasteiger partial charge in [-0.1, -0.05) is 58.2 Å². The van der Waals surface area contributed by atoms with Crippen LogP contribution in [0.2, 0.25) is 0 Å². The molecule has 0 unspecified atom stereocenters. The summed E-state index contributed by atoms with van der Waals surface area (Å²) >= 11 is 0. The summed E-state index contributed by atoms with van der Waals surface area (Å²) in [5, 5.41) is 16.9. The first-order valence-corrected chi connectivity index (χ1v) is 9.35. The monoisotopic (exact) mass is 337 g/mol. The van der Waals surface area contributed by atoms with E-state index in [0.717, 1.165) is 5.56 Å². The van der Waals surface area contributed by atoms with Crippen LogP contribution in [0.4, 0.5) is 0 Å². The van der Waals surface area contributed by atoms with Gasteiger partial charge in [-0.15, -0.1) is 0 Å². The van der Waals surface area contributed by atoms with Gasteiger partial charge in [-0.05, 0) is 57.5 Å². The topological polar surface area (TPSA) is 52.9 Å². The van der Waals surface area contributed by atoms with Crippen LogP contribution in [0.5, 0.6) is 5.75 Å². The van der Waals surface area contributed by atoms with Gasteiger partial charge in [0.1, 0.15) is 5.75 Å². The maximum absolute atomic E-state index is 8.46. The average molecular weight is 337 g/mol. The largest absolute Gasteiger partial charge is 0.707 e. The molecule has 0 heterocycles. The van der Waals surface area contributed by atoms with E-state index in [2.05, 4.69) is 30.3 Å². The molecule has 0 aliphatic heterocycles. The number of nitrogens with zero attached hydrogens (tertiary/aromatic N) is 1. The molecule has 138 valence electrons. The number of hydrogen-bond donors (Lipinski definition) is 2. The summed E-state index contributed by atoms with van der Waals surface area (Å²) in [5.41, 5.74) is 0.876. The zero-order valence-corrected chi connectivity index (χ0v) is 16.0. The zero-order chi connectivity index (χ0) is 18.2. The van der Waals surface area contributed by atoms with E-state index in [1.165, 1.54) is 58.2 Å². The van der Waals surface area contributed by atoms with Crippen molar-refractivity contribution < 1.29 is 14.7 Å². The van der Waals surface area contributed by atoms with Crippen LogP contribution in [-0.4, -0.2) is 41.9 Å². The number of aryl methyl sites for hydroxylation is 1. The highest BCUT2D eigenvalue weighted by Crippen LogP contribution is 2.15. The van der Waals surface area contributed by atoms with Crippen LogP contribution < -0.4 is 4.65 Å². The Labute approximate surface area is 149 Å². The molecule has 1 aromatic carbocycles. The van der Waals surface area contributed by atoms with Gasteiger partial charge in [0.05, 0.1) is 0 Å². The number of rotatable bonds is 11. The molecule has 0 spiro atoms. The number of para-hydroxylation sites is 1. The predicted molar refractivity (Wildman–Crippen MR) is 103 cm³/mol. The summed E-state index contributed by atoms with van der Waals surface area (Å²) in [6.45, 7) is 12.6. The lowest BCUT2D eigenvalue weighted by Gasteiger charge is -2.21. The lowest BCUT2D eigenvalue weighted by molar-refractivity contribution is 0.261. The Bertz CT molecular complexity index is 383. The van der Waals surface area contributed by atoms with Crippen molar-refractivity contribution in [3.05, 3.63) is 29.8 Å². The number of benzene rings is 1. The van der Waals surface area contributed by atoms with Gasteiger partial charge < -0.3 is 19.6 Å². The third-order valence-corrected chi connectivity index (χ3v) is 3.81. The van der Waals surface area contributed by atoms with Crippen molar-refractivity contribution in [1.29, 1.82) is 0 Å². The van der Waals surface area contributed by atoms with Crippen molar-refractivity contribution >= 4 is 7.32 Å². The fourth-order valence-corrected chi connectivity index (χ4v) is 2.28. The summed E-state index contributed by atoms with van der Waals surface area (Å²) < 4.78 is 4.66. The second-order valence-electron chi connectivity index (χ2n) is 6.11. The van der Waals surface area contributed by atoms with Gasteiger partial charge in [-0.2, -0.15) is 0 Å². The molecular formula is C19H36BNO3. The van der Waals surface area contributed by atoms with Gasteiger partial charge in [0.25, 0.3) is 0 Å². The molecule has 0 amide bonds. The Morgan fingerprint density at radius 2 is 1.33 bits per heavy atom. The van der Waals surface area contributed by atoms with E-state index in [1.807, 2.05) is 19.1 Å². The van der Waals surface area contributed by atoms with Gasteiger partial charge in [-0.25, -0.2) is 0 Å². The predicted octanol–water partition coefficient (Wildman–Crippen LogP) is 4.03. The summed E-state index contributed by atoms with van der Waals surface area (Å²) in [6, 6.07) is 7.13. The molecule has 0 bridgehead atoms. The van der Waals surface area contributed by atoms with Crippen LogP contribution in [-0.2, 0) is 0 Å². The van der Waals surface area contributed by atoms with E-state index >= 15 is 0 Å². The molecule has 0 fully saturated rings. The van der Waals surface area contributed by atoms with Gasteiger partial charge >= 0.3 is 7.32 Å². The van der Waals surface area contributed by atoms with Gasteiger partial charge in [0.15, 0.2) is 0 Å². The molecule has 2 N–H and O–H groups in total. The zero-order valence-electron chi connectivity index (χ0n) is 16.0. The standard InChI is InChI=1S/C12H27N.C7H9BO3/c1-4-7-10-13(11-8-5-2)12-9-6-3;1-6-4-2-3-5-7(6)11-8(9)10/h4-12H2,1-3H3;2-5,9-10H,1H3. The minimum atomic E-state index is -1.74. The van der Waals surface area contributed by atoms with Crippen LogP contribution in [0.3, 0.4) is 0 Å². The fraction of sp³-hybridized carbons (Fsp3) is 0.684. The third-order valence-electron chi connectivity index (χ3n) is 3.81. The third kappa shape index (κ3) is 12.4. The molecule has 0 aliphatic carbocycles. The van der Waals surface area contributed by atoms with E-state index in [1.54, 1.807) is 12.1 Å². The normalized spacial score (nSPS) is 10.3. The molecule has 24 heavy (non-hydrogen) atoms. The summed E-state index contributed by atoms with van der Waals surface area (Å²) in [7, 11) is -1.74. The Morgan fingerprint density at radius 1 is 0.875 bits per heavy atom. The highest BCUT2D eigenvalue weighted by atomic mass is 16.6. The van der Waals surface area contributed by atoms with Crippen LogP contribution in [0, 0.1) is 6.92 Å². The van der Waals surface area contributed by atoms with Crippen molar-refractivity contribution in [3.8, 4) is 5.75 Å². The Balaban J connectivity index is 0.000000446. The minimum absolute atomic E-state index is 0.488. The highest BCUT2D eigenvalue weighted by Gasteiger charge is 2.11. The van der Waals surface area contributed by atoms with Crippen molar-refractivity contribution in [3.63, 3.8) is 0 Å². The maximum atomic E-state index is 8.46. The molecular weight excluding hydrogens is 301 g/mol. The molecule has 0 saturated heterocycles. The number of unbranched alkanes of at least 4 members (excludes halogenated alkanes) is 3. The van der Waals surface area contributed by atoms with E-state index in [0.29, 0.717) is 5.75 Å². The quantitative estimate of drug-likeness (QED) is 0.599. The van der Waals surface area contributed by atoms with Gasteiger partial charge in [0.2, 0.25) is 0 Å². The lowest BCUT2D eigenvalue weighted by atomic mass is 10.2. The second kappa shape index (κ2) is 15.5. The van der Waals surface area contributed by atoms with Crippen LogP contribution >= 0.6 is 0 Å². The first-order valence-electron chi connectivity index (χ1n) is 9.35. The molecule has 4 nitrogen and oxygen atoms in total. The summed E-state index contributed by atoms with van der Waals surface area (Å²) in [5.74, 6) is 0.488. The first kappa shape index (κ1) is 23.0. The maximum Gasteiger partial charge on any atom is 0.707 e. The molecule has 0 saturated carbocycles. The Morgan fingerprint density at radius 3 is 1.71 bits per heavy atom. The molecule has 0 aliphatic rings. The Kier molecular flexibility index (Phi) is 14.8. The first-order chi connectivity index (χ1) is 11.5. The molecule has 0 aromatic heterocycles. The minimum Gasteiger partial charge on any atom is -0.512 e. The molecule has 5 heteroatoms. The average Bonchev–Trinajstić information content (AvgIpc) is 2.56. The van der Waals surface area contributed by atoms with Crippen LogP contribution in [0.1, 0.15) is 64.9 Å².